The Labute approximate surface area is 157 Å². The zero-order valence-corrected chi connectivity index (χ0v) is 15.3. The molecule has 130 valence electrons. The van der Waals surface area contributed by atoms with Crippen LogP contribution in [-0.2, 0) is 5.75 Å². The number of benzene rings is 2. The molecule has 4 aromatic rings. The second kappa shape index (κ2) is 6.93. The molecule has 0 fully saturated rings. The van der Waals surface area contributed by atoms with Gasteiger partial charge in [-0.3, -0.25) is 9.36 Å². The maximum absolute atomic E-state index is 13.1. The van der Waals surface area contributed by atoms with Gasteiger partial charge in [0.2, 0.25) is 11.8 Å². The highest BCUT2D eigenvalue weighted by Crippen LogP contribution is 2.27. The summed E-state index contributed by atoms with van der Waals surface area (Å²) in [6, 6.07) is 14.4. The molecule has 0 bridgehead atoms. The quantitative estimate of drug-likeness (QED) is 0.391. The number of hydrogen-bond donors (Lipinski definition) is 0. The minimum atomic E-state index is -0.173. The Bertz CT molecular complexity index is 1160. The number of hydrogen-bond acceptors (Lipinski definition) is 6. The SMILES string of the molecule is Cc1nnc(CSc2nc3ccccc3c(=O)n2-c2ccccc2Cl)o1. The summed E-state index contributed by atoms with van der Waals surface area (Å²) in [7, 11) is 0. The number of thioether (sulfide) groups is 1. The van der Waals surface area contributed by atoms with Gasteiger partial charge in [-0.05, 0) is 24.3 Å². The molecular formula is C18H13ClN4O2S. The van der Waals surface area contributed by atoms with E-state index in [-0.39, 0.29) is 5.56 Å². The van der Waals surface area contributed by atoms with Crippen molar-refractivity contribution in [2.24, 2.45) is 0 Å². The van der Waals surface area contributed by atoms with Gasteiger partial charge in [0, 0.05) is 6.92 Å². The van der Waals surface area contributed by atoms with Crippen molar-refractivity contribution in [2.45, 2.75) is 17.8 Å². The third-order valence-corrected chi connectivity index (χ3v) is 4.97. The van der Waals surface area contributed by atoms with Crippen molar-refractivity contribution in [3.8, 4) is 5.69 Å². The van der Waals surface area contributed by atoms with Crippen LogP contribution < -0.4 is 5.56 Å². The van der Waals surface area contributed by atoms with Crippen LogP contribution in [0.25, 0.3) is 16.6 Å². The number of aryl methyl sites for hydroxylation is 1. The fourth-order valence-corrected chi connectivity index (χ4v) is 3.64. The lowest BCUT2D eigenvalue weighted by molar-refractivity contribution is 0.485. The normalized spacial score (nSPS) is 11.2. The third kappa shape index (κ3) is 3.11. The Hall–Kier alpha value is -2.64. The first-order chi connectivity index (χ1) is 12.6. The fraction of sp³-hybridized carbons (Fsp3) is 0.111. The van der Waals surface area contributed by atoms with Crippen molar-refractivity contribution >= 4 is 34.3 Å². The maximum Gasteiger partial charge on any atom is 0.266 e. The molecule has 0 saturated carbocycles. The molecule has 0 radical (unpaired) electrons. The van der Waals surface area contributed by atoms with Crippen molar-refractivity contribution in [2.75, 3.05) is 0 Å². The molecule has 2 aromatic carbocycles. The molecule has 26 heavy (non-hydrogen) atoms. The number of nitrogens with zero attached hydrogens (tertiary/aromatic N) is 4. The van der Waals surface area contributed by atoms with Gasteiger partial charge in [-0.2, -0.15) is 0 Å². The first kappa shape index (κ1) is 16.8. The first-order valence-corrected chi connectivity index (χ1v) is 9.18. The maximum atomic E-state index is 13.1. The van der Waals surface area contributed by atoms with E-state index >= 15 is 0 Å². The van der Waals surface area contributed by atoms with Crippen molar-refractivity contribution in [3.05, 3.63) is 75.7 Å². The Morgan fingerprint density at radius 1 is 1.12 bits per heavy atom. The predicted octanol–water partition coefficient (Wildman–Crippen LogP) is 4.02. The summed E-state index contributed by atoms with van der Waals surface area (Å²) < 4.78 is 6.93. The Morgan fingerprint density at radius 2 is 1.88 bits per heavy atom. The van der Waals surface area contributed by atoms with E-state index in [1.54, 1.807) is 25.1 Å². The van der Waals surface area contributed by atoms with Crippen LogP contribution in [0.2, 0.25) is 5.02 Å². The van der Waals surface area contributed by atoms with E-state index in [0.29, 0.717) is 44.3 Å². The number of fused-ring (bicyclic) bond motifs is 1. The predicted molar refractivity (Wildman–Crippen MR) is 101 cm³/mol. The second-order valence-electron chi connectivity index (χ2n) is 5.51. The summed E-state index contributed by atoms with van der Waals surface area (Å²) in [5, 5.41) is 9.33. The van der Waals surface area contributed by atoms with E-state index in [9.17, 15) is 4.79 Å². The summed E-state index contributed by atoms with van der Waals surface area (Å²) in [5.74, 6) is 1.37. The molecule has 6 nitrogen and oxygen atoms in total. The van der Waals surface area contributed by atoms with Gasteiger partial charge >= 0.3 is 0 Å². The molecule has 0 saturated heterocycles. The van der Waals surface area contributed by atoms with Gasteiger partial charge in [-0.15, -0.1) is 10.2 Å². The van der Waals surface area contributed by atoms with E-state index in [0.717, 1.165) is 0 Å². The molecule has 8 heteroatoms. The molecule has 0 N–H and O–H groups in total. The molecule has 0 atom stereocenters. The van der Waals surface area contributed by atoms with Crippen LogP contribution in [0.1, 0.15) is 11.8 Å². The van der Waals surface area contributed by atoms with E-state index in [1.807, 2.05) is 30.3 Å². The molecule has 2 aromatic heterocycles. The van der Waals surface area contributed by atoms with Crippen LogP contribution >= 0.6 is 23.4 Å². The lowest BCUT2D eigenvalue weighted by Crippen LogP contribution is -2.22. The Morgan fingerprint density at radius 3 is 2.65 bits per heavy atom. The number of aromatic nitrogens is 4. The summed E-state index contributed by atoms with van der Waals surface area (Å²) in [5.41, 5.74) is 1.04. The van der Waals surface area contributed by atoms with Crippen molar-refractivity contribution in [1.82, 2.24) is 19.7 Å². The summed E-state index contributed by atoms with van der Waals surface area (Å²) >= 11 is 7.68. The van der Waals surface area contributed by atoms with Gasteiger partial charge in [-0.1, -0.05) is 47.6 Å². The number of halogens is 1. The third-order valence-electron chi connectivity index (χ3n) is 3.73. The monoisotopic (exact) mass is 384 g/mol. The number of rotatable bonds is 4. The van der Waals surface area contributed by atoms with Crippen LogP contribution in [0.15, 0.2) is 62.9 Å². The topological polar surface area (TPSA) is 73.8 Å². The van der Waals surface area contributed by atoms with Crippen LogP contribution in [0.5, 0.6) is 0 Å². The second-order valence-corrected chi connectivity index (χ2v) is 6.86. The number of para-hydroxylation sites is 2. The van der Waals surface area contributed by atoms with Crippen molar-refractivity contribution in [1.29, 1.82) is 0 Å². The smallest absolute Gasteiger partial charge is 0.266 e. The molecule has 0 spiro atoms. The molecular weight excluding hydrogens is 372 g/mol. The lowest BCUT2D eigenvalue weighted by atomic mass is 10.2. The molecule has 0 aliphatic rings. The summed E-state index contributed by atoms with van der Waals surface area (Å²) in [4.78, 5) is 17.8. The average Bonchev–Trinajstić information content (AvgIpc) is 3.06. The van der Waals surface area contributed by atoms with Crippen LogP contribution in [0, 0.1) is 6.92 Å². The van der Waals surface area contributed by atoms with Gasteiger partial charge in [0.05, 0.1) is 27.4 Å². The zero-order valence-electron chi connectivity index (χ0n) is 13.7. The van der Waals surface area contributed by atoms with Gasteiger partial charge < -0.3 is 4.42 Å². The standard InChI is InChI=1S/C18H13ClN4O2S/c1-11-21-22-16(25-11)10-26-18-20-14-8-4-2-6-12(14)17(24)23(18)15-9-5-3-7-13(15)19/h2-9H,10H2,1H3. The van der Waals surface area contributed by atoms with Gasteiger partial charge in [0.1, 0.15) is 0 Å². The molecule has 4 rings (SSSR count). The molecule has 0 unspecified atom stereocenters. The highest BCUT2D eigenvalue weighted by molar-refractivity contribution is 7.98. The Kier molecular flexibility index (Phi) is 4.48. The lowest BCUT2D eigenvalue weighted by Gasteiger charge is -2.13. The minimum absolute atomic E-state index is 0.173. The highest BCUT2D eigenvalue weighted by Gasteiger charge is 2.16. The van der Waals surface area contributed by atoms with Crippen molar-refractivity contribution in [3.63, 3.8) is 0 Å². The van der Waals surface area contributed by atoms with Crippen molar-refractivity contribution < 1.29 is 4.42 Å². The zero-order chi connectivity index (χ0) is 18.1. The minimum Gasteiger partial charge on any atom is -0.425 e. The highest BCUT2D eigenvalue weighted by atomic mass is 35.5. The van der Waals surface area contributed by atoms with E-state index in [2.05, 4.69) is 15.2 Å². The molecule has 0 aliphatic heterocycles. The van der Waals surface area contributed by atoms with E-state index < -0.39 is 0 Å². The average molecular weight is 385 g/mol. The van der Waals surface area contributed by atoms with Crippen LogP contribution in [-0.4, -0.2) is 19.7 Å². The van der Waals surface area contributed by atoms with Gasteiger partial charge in [0.25, 0.3) is 5.56 Å². The molecule has 0 amide bonds. The van der Waals surface area contributed by atoms with Gasteiger partial charge in [-0.25, -0.2) is 4.98 Å². The van der Waals surface area contributed by atoms with Gasteiger partial charge in [0.15, 0.2) is 5.16 Å². The van der Waals surface area contributed by atoms with Crippen LogP contribution in [0.3, 0.4) is 0 Å². The van der Waals surface area contributed by atoms with E-state index in [4.69, 9.17) is 16.0 Å². The fourth-order valence-electron chi connectivity index (χ4n) is 2.58. The molecule has 2 heterocycles. The largest absolute Gasteiger partial charge is 0.425 e. The summed E-state index contributed by atoms with van der Waals surface area (Å²) in [6.07, 6.45) is 0. The Balaban J connectivity index is 1.88. The van der Waals surface area contributed by atoms with E-state index in [1.165, 1.54) is 16.3 Å². The van der Waals surface area contributed by atoms with Crippen LogP contribution in [0.4, 0.5) is 0 Å². The first-order valence-electron chi connectivity index (χ1n) is 7.82. The summed E-state index contributed by atoms with van der Waals surface area (Å²) in [6.45, 7) is 1.73. The molecule has 0 aliphatic carbocycles.